The molecular formula is C9H22. The molecule has 1 saturated carbocycles. The van der Waals surface area contributed by atoms with E-state index in [0.29, 0.717) is 0 Å². The lowest BCUT2D eigenvalue weighted by molar-refractivity contribution is 0.457. The van der Waals surface area contributed by atoms with Crippen molar-refractivity contribution in [2.45, 2.75) is 48.0 Å². The summed E-state index contributed by atoms with van der Waals surface area (Å²) in [5.41, 5.74) is 0. The lowest BCUT2D eigenvalue weighted by Gasteiger charge is -2.05. The second kappa shape index (κ2) is 4.84. The van der Waals surface area contributed by atoms with E-state index >= 15 is 0 Å². The molecule has 58 valence electrons. The Morgan fingerprint density at radius 3 is 1.33 bits per heavy atom. The summed E-state index contributed by atoms with van der Waals surface area (Å²) < 4.78 is 0. The lowest BCUT2D eigenvalue weighted by atomic mass is 10.0. The van der Waals surface area contributed by atoms with Crippen molar-refractivity contribution in [1.29, 1.82) is 0 Å². The Morgan fingerprint density at radius 2 is 1.22 bits per heavy atom. The third-order valence-corrected chi connectivity index (χ3v) is 2.29. The van der Waals surface area contributed by atoms with Crippen LogP contribution in [-0.4, -0.2) is 0 Å². The molecule has 0 radical (unpaired) electrons. The van der Waals surface area contributed by atoms with Crippen LogP contribution in [0.4, 0.5) is 0 Å². The van der Waals surface area contributed by atoms with Crippen molar-refractivity contribution in [3.63, 3.8) is 0 Å². The van der Waals surface area contributed by atoms with Gasteiger partial charge in [-0.1, -0.05) is 48.0 Å². The van der Waals surface area contributed by atoms with Gasteiger partial charge in [0.15, 0.2) is 0 Å². The van der Waals surface area contributed by atoms with Crippen LogP contribution in [0.25, 0.3) is 0 Å². The number of hydrogen-bond donors (Lipinski definition) is 0. The van der Waals surface area contributed by atoms with E-state index in [9.17, 15) is 0 Å². The van der Waals surface area contributed by atoms with Gasteiger partial charge in [-0.15, -0.1) is 0 Å². The van der Waals surface area contributed by atoms with Gasteiger partial charge in [0.2, 0.25) is 0 Å². The van der Waals surface area contributed by atoms with E-state index in [1.165, 1.54) is 19.3 Å². The first-order chi connectivity index (χ1) is 3.30. The Hall–Kier alpha value is 0. The maximum atomic E-state index is 2.36. The molecule has 0 aromatic carbocycles. The summed E-state index contributed by atoms with van der Waals surface area (Å²) in [4.78, 5) is 0. The first kappa shape index (κ1) is 11.8. The molecular weight excluding hydrogens is 108 g/mol. The highest BCUT2D eigenvalue weighted by molar-refractivity contribution is 4.69. The van der Waals surface area contributed by atoms with E-state index in [1.807, 2.05) is 0 Å². The van der Waals surface area contributed by atoms with E-state index in [1.54, 1.807) is 0 Å². The number of rotatable bonds is 0. The second-order valence-corrected chi connectivity index (χ2v) is 2.89. The van der Waals surface area contributed by atoms with Crippen molar-refractivity contribution in [2.75, 3.05) is 0 Å². The Bertz CT molecular complexity index is 49.1. The maximum Gasteiger partial charge on any atom is -0.0417 e. The fraction of sp³-hybridized carbons (Fsp3) is 1.00. The molecule has 2 unspecified atom stereocenters. The first-order valence-electron chi connectivity index (χ1n) is 3.30. The highest BCUT2D eigenvalue weighted by Gasteiger charge is 2.17. The van der Waals surface area contributed by atoms with Gasteiger partial charge in [-0.05, 0) is 11.8 Å². The van der Waals surface area contributed by atoms with Crippen molar-refractivity contribution in [2.24, 2.45) is 11.8 Å². The van der Waals surface area contributed by atoms with Gasteiger partial charge in [0.1, 0.15) is 0 Å². The Labute approximate surface area is 60.7 Å². The molecule has 0 saturated heterocycles. The Kier molecular flexibility index (Phi) is 6.32. The lowest BCUT2D eigenvalue weighted by Crippen LogP contribution is -1.95. The molecule has 0 heterocycles. The van der Waals surface area contributed by atoms with Crippen LogP contribution in [0.3, 0.4) is 0 Å². The molecule has 0 nitrogen and oxygen atoms in total. The average Bonchev–Trinajstić information content (AvgIpc) is 1.91. The van der Waals surface area contributed by atoms with Crippen LogP contribution in [0.5, 0.6) is 0 Å². The van der Waals surface area contributed by atoms with Crippen LogP contribution in [0.15, 0.2) is 0 Å². The minimum absolute atomic E-state index is 0. The van der Waals surface area contributed by atoms with Crippen molar-refractivity contribution in [3.8, 4) is 0 Å². The third kappa shape index (κ3) is 2.88. The van der Waals surface area contributed by atoms with Crippen LogP contribution in [0.1, 0.15) is 48.0 Å². The second-order valence-electron chi connectivity index (χ2n) is 2.89. The molecule has 0 spiro atoms. The fourth-order valence-electron chi connectivity index (χ4n) is 1.33. The Balaban J connectivity index is 0. The van der Waals surface area contributed by atoms with Crippen molar-refractivity contribution >= 4 is 0 Å². The largest absolute Gasteiger partial charge is 0.0776 e. The van der Waals surface area contributed by atoms with Crippen LogP contribution >= 0.6 is 0 Å². The number of hydrogen-bond acceptors (Lipinski definition) is 0. The predicted molar refractivity (Wildman–Crippen MR) is 45.6 cm³/mol. The molecule has 0 heteroatoms. The van der Waals surface area contributed by atoms with E-state index in [-0.39, 0.29) is 14.9 Å². The smallest absolute Gasteiger partial charge is 0.0417 e. The molecule has 9 heavy (non-hydrogen) atoms. The van der Waals surface area contributed by atoms with Gasteiger partial charge in [0.05, 0.1) is 0 Å². The zero-order valence-corrected chi connectivity index (χ0v) is 5.28. The van der Waals surface area contributed by atoms with Gasteiger partial charge in [-0.3, -0.25) is 0 Å². The van der Waals surface area contributed by atoms with Gasteiger partial charge in [-0.2, -0.15) is 0 Å². The molecule has 0 aliphatic heterocycles. The van der Waals surface area contributed by atoms with E-state index < -0.39 is 0 Å². The van der Waals surface area contributed by atoms with E-state index in [2.05, 4.69) is 13.8 Å². The van der Waals surface area contributed by atoms with Gasteiger partial charge in [0, 0.05) is 0 Å². The minimum Gasteiger partial charge on any atom is -0.0776 e. The van der Waals surface area contributed by atoms with Crippen LogP contribution in [-0.2, 0) is 0 Å². The van der Waals surface area contributed by atoms with E-state index in [4.69, 9.17) is 0 Å². The summed E-state index contributed by atoms with van der Waals surface area (Å²) in [7, 11) is 0. The molecule has 2 atom stereocenters. The quantitative estimate of drug-likeness (QED) is 0.469. The molecule has 0 amide bonds. The first-order valence-corrected chi connectivity index (χ1v) is 3.30. The topological polar surface area (TPSA) is 0 Å². The summed E-state index contributed by atoms with van der Waals surface area (Å²) in [6.07, 6.45) is 4.42. The van der Waals surface area contributed by atoms with Crippen molar-refractivity contribution in [1.82, 2.24) is 0 Å². The summed E-state index contributed by atoms with van der Waals surface area (Å²) >= 11 is 0. The highest BCUT2D eigenvalue weighted by atomic mass is 14.2. The van der Waals surface area contributed by atoms with Crippen LogP contribution in [0.2, 0.25) is 0 Å². The maximum absolute atomic E-state index is 2.36. The minimum atomic E-state index is 0. The highest BCUT2D eigenvalue weighted by Crippen LogP contribution is 2.29. The van der Waals surface area contributed by atoms with Gasteiger partial charge >= 0.3 is 0 Å². The zero-order valence-electron chi connectivity index (χ0n) is 5.28. The molecule has 0 N–H and O–H groups in total. The summed E-state index contributed by atoms with van der Waals surface area (Å²) in [5.74, 6) is 2.03. The summed E-state index contributed by atoms with van der Waals surface area (Å²) in [6, 6.07) is 0. The standard InChI is InChI=1S/C7H14.2CH4/c1-6-4-3-5-7(6)2;;/h6-7H,3-5H2,1-2H3;2*1H4. The van der Waals surface area contributed by atoms with Crippen molar-refractivity contribution in [3.05, 3.63) is 0 Å². The monoisotopic (exact) mass is 130 g/mol. The molecule has 0 aromatic heterocycles. The molecule has 0 bridgehead atoms. The Morgan fingerprint density at radius 1 is 0.889 bits per heavy atom. The molecule has 1 aliphatic carbocycles. The molecule has 1 rings (SSSR count). The SMILES string of the molecule is C.C.CC1CCCC1C. The van der Waals surface area contributed by atoms with Crippen LogP contribution in [0, 0.1) is 11.8 Å². The van der Waals surface area contributed by atoms with Crippen LogP contribution < -0.4 is 0 Å². The molecule has 1 fully saturated rings. The molecule has 0 aromatic rings. The van der Waals surface area contributed by atoms with E-state index in [0.717, 1.165) is 11.8 Å². The summed E-state index contributed by atoms with van der Waals surface area (Å²) in [6.45, 7) is 4.72. The average molecular weight is 130 g/mol. The molecule has 1 aliphatic rings. The normalized spacial score (nSPS) is 32.7. The predicted octanol–water partition coefficient (Wildman–Crippen LogP) is 3.71. The van der Waals surface area contributed by atoms with Gasteiger partial charge in [-0.25, -0.2) is 0 Å². The van der Waals surface area contributed by atoms with Crippen molar-refractivity contribution < 1.29 is 0 Å². The third-order valence-electron chi connectivity index (χ3n) is 2.29. The summed E-state index contributed by atoms with van der Waals surface area (Å²) in [5, 5.41) is 0. The fourth-order valence-corrected chi connectivity index (χ4v) is 1.33. The zero-order chi connectivity index (χ0) is 5.28. The van der Waals surface area contributed by atoms with Gasteiger partial charge < -0.3 is 0 Å². The van der Waals surface area contributed by atoms with Gasteiger partial charge in [0.25, 0.3) is 0 Å².